The molecule has 0 unspecified atom stereocenters. The van der Waals surface area contributed by atoms with E-state index >= 15 is 0 Å². The first-order valence-corrected chi connectivity index (χ1v) is 11.3. The predicted octanol–water partition coefficient (Wildman–Crippen LogP) is 5.34. The van der Waals surface area contributed by atoms with Gasteiger partial charge in [-0.3, -0.25) is 4.79 Å². The van der Waals surface area contributed by atoms with E-state index in [4.69, 9.17) is 14.2 Å². The van der Waals surface area contributed by atoms with Crippen molar-refractivity contribution in [2.45, 2.75) is 45.0 Å². The maximum atomic E-state index is 13.6. The summed E-state index contributed by atoms with van der Waals surface area (Å²) >= 11 is 3.56. The second-order valence-corrected chi connectivity index (χ2v) is 10.3. The van der Waals surface area contributed by atoms with Crippen LogP contribution < -0.4 is 4.74 Å². The van der Waals surface area contributed by atoms with Crippen LogP contribution in [0, 0.1) is 0 Å². The highest BCUT2D eigenvalue weighted by Gasteiger charge is 2.41. The summed E-state index contributed by atoms with van der Waals surface area (Å²) < 4.78 is 20.6. The summed E-state index contributed by atoms with van der Waals surface area (Å²) in [7, 11) is 2.03. The molecule has 5 rings (SSSR count). The van der Waals surface area contributed by atoms with Gasteiger partial charge in [0.2, 0.25) is 0 Å². The molecule has 2 heterocycles. The van der Waals surface area contributed by atoms with Crippen molar-refractivity contribution < 1.29 is 19.0 Å². The molecule has 0 spiro atoms. The van der Waals surface area contributed by atoms with Crippen LogP contribution in [-0.2, 0) is 21.9 Å². The van der Waals surface area contributed by atoms with Crippen LogP contribution in [0.2, 0.25) is 0 Å². The average Bonchev–Trinajstić information content (AvgIpc) is 3.21. The molecule has 0 bridgehead atoms. The Kier molecular flexibility index (Phi) is 4.63. The van der Waals surface area contributed by atoms with Gasteiger partial charge in [-0.05, 0) is 49.7 Å². The molecule has 1 aliphatic carbocycles. The predicted molar refractivity (Wildman–Crippen MR) is 123 cm³/mol. The third-order valence-corrected chi connectivity index (χ3v) is 6.89. The van der Waals surface area contributed by atoms with Crippen LogP contribution in [0.5, 0.6) is 5.75 Å². The average molecular weight is 484 g/mol. The molecule has 0 N–H and O–H groups in total. The summed E-state index contributed by atoms with van der Waals surface area (Å²) in [6.07, 6.45) is -0.108. The van der Waals surface area contributed by atoms with Gasteiger partial charge in [0.25, 0.3) is 0 Å². The minimum Gasteiger partial charge on any atom is -0.491 e. The standard InChI is InChI=1S/C25H26BrNO4/c1-24(2)19-11-15(29-12-16-13-30-25(3,4)31-16)7-9-17(19)22(28)21-18-8-6-14(26)10-20(18)27(5)23(21)24/h6-11,16H,12-13H2,1-5H3/t16-/m0/s1. The molecular formula is C25H26BrNO4. The first-order chi connectivity index (χ1) is 14.6. The van der Waals surface area contributed by atoms with Gasteiger partial charge in [0.1, 0.15) is 18.5 Å². The van der Waals surface area contributed by atoms with Gasteiger partial charge in [-0.25, -0.2) is 0 Å². The number of carbonyl (C=O) groups excluding carboxylic acids is 1. The lowest BCUT2D eigenvalue weighted by Crippen LogP contribution is -2.32. The van der Waals surface area contributed by atoms with Crippen molar-refractivity contribution in [2.75, 3.05) is 13.2 Å². The SMILES string of the molecule is Cn1c2c(c3ccc(Br)cc31)C(=O)c1ccc(OC[C@H]3COC(C)(C)O3)cc1C2(C)C. The Morgan fingerprint density at radius 3 is 2.65 bits per heavy atom. The van der Waals surface area contributed by atoms with Crippen LogP contribution in [-0.4, -0.2) is 35.5 Å². The van der Waals surface area contributed by atoms with E-state index in [0.29, 0.717) is 13.2 Å². The zero-order valence-electron chi connectivity index (χ0n) is 18.4. The number of hydrogen-bond donors (Lipinski definition) is 0. The molecule has 1 fully saturated rings. The zero-order chi connectivity index (χ0) is 22.1. The normalized spacial score (nSPS) is 21.2. The molecule has 3 aromatic rings. The van der Waals surface area contributed by atoms with Crippen molar-refractivity contribution in [3.05, 3.63) is 63.3 Å². The quantitative estimate of drug-likeness (QED) is 0.504. The minimum atomic E-state index is -0.571. The van der Waals surface area contributed by atoms with Crippen LogP contribution in [0.4, 0.5) is 0 Å². The number of aromatic nitrogens is 1. The van der Waals surface area contributed by atoms with E-state index in [1.54, 1.807) is 0 Å². The second kappa shape index (κ2) is 6.92. The maximum Gasteiger partial charge on any atom is 0.195 e. The molecule has 1 atom stereocenters. The van der Waals surface area contributed by atoms with E-state index in [-0.39, 0.29) is 17.3 Å². The maximum absolute atomic E-state index is 13.6. The molecule has 0 saturated carbocycles. The molecule has 2 aromatic carbocycles. The highest BCUT2D eigenvalue weighted by atomic mass is 79.9. The first kappa shape index (κ1) is 20.7. The van der Waals surface area contributed by atoms with Crippen LogP contribution in [0.25, 0.3) is 10.9 Å². The van der Waals surface area contributed by atoms with E-state index in [1.807, 2.05) is 51.2 Å². The molecule has 0 radical (unpaired) electrons. The first-order valence-electron chi connectivity index (χ1n) is 10.5. The Hall–Kier alpha value is -2.15. The lowest BCUT2D eigenvalue weighted by molar-refractivity contribution is -0.141. The third-order valence-electron chi connectivity index (χ3n) is 6.39. The lowest BCUT2D eigenvalue weighted by Gasteiger charge is -2.34. The van der Waals surface area contributed by atoms with Crippen LogP contribution in [0.15, 0.2) is 40.9 Å². The summed E-state index contributed by atoms with van der Waals surface area (Å²) in [5, 5.41) is 0.991. The molecule has 0 amide bonds. The van der Waals surface area contributed by atoms with Gasteiger partial charge < -0.3 is 18.8 Å². The number of aryl methyl sites for hydroxylation is 1. The van der Waals surface area contributed by atoms with Gasteiger partial charge in [-0.2, -0.15) is 0 Å². The van der Waals surface area contributed by atoms with Gasteiger partial charge >= 0.3 is 0 Å². The van der Waals surface area contributed by atoms with E-state index in [1.165, 1.54) is 0 Å². The number of halogens is 1. The van der Waals surface area contributed by atoms with Crippen LogP contribution in [0.1, 0.15) is 54.9 Å². The Morgan fingerprint density at radius 1 is 1.16 bits per heavy atom. The van der Waals surface area contributed by atoms with E-state index < -0.39 is 5.79 Å². The van der Waals surface area contributed by atoms with E-state index in [2.05, 4.69) is 40.4 Å². The van der Waals surface area contributed by atoms with Gasteiger partial charge in [0.15, 0.2) is 11.6 Å². The molecular weight excluding hydrogens is 458 g/mol. The fourth-order valence-corrected chi connectivity index (χ4v) is 5.34. The number of fused-ring (bicyclic) bond motifs is 4. The van der Waals surface area contributed by atoms with Crippen molar-refractivity contribution in [3.8, 4) is 5.75 Å². The van der Waals surface area contributed by atoms with Gasteiger partial charge in [-0.15, -0.1) is 0 Å². The number of rotatable bonds is 3. The van der Waals surface area contributed by atoms with E-state index in [9.17, 15) is 4.79 Å². The third kappa shape index (κ3) is 3.23. The largest absolute Gasteiger partial charge is 0.491 e. The number of benzene rings is 2. The van der Waals surface area contributed by atoms with Crippen molar-refractivity contribution in [1.29, 1.82) is 0 Å². The summed E-state index contributed by atoms with van der Waals surface area (Å²) in [5.74, 6) is 0.231. The van der Waals surface area contributed by atoms with Gasteiger partial charge in [0, 0.05) is 39.1 Å². The summed E-state index contributed by atoms with van der Waals surface area (Å²) in [6, 6.07) is 11.9. The second-order valence-electron chi connectivity index (χ2n) is 9.37. The van der Waals surface area contributed by atoms with Crippen LogP contribution >= 0.6 is 15.9 Å². The van der Waals surface area contributed by atoms with Gasteiger partial charge in [-0.1, -0.05) is 35.8 Å². The van der Waals surface area contributed by atoms with Crippen LogP contribution in [0.3, 0.4) is 0 Å². The number of nitrogens with zero attached hydrogens (tertiary/aromatic N) is 1. The van der Waals surface area contributed by atoms with Crippen molar-refractivity contribution in [1.82, 2.24) is 4.57 Å². The molecule has 2 aliphatic rings. The lowest BCUT2D eigenvalue weighted by atomic mass is 9.71. The summed E-state index contributed by atoms with van der Waals surface area (Å²) in [4.78, 5) is 13.6. The van der Waals surface area contributed by atoms with Gasteiger partial charge in [0.05, 0.1) is 12.2 Å². The Morgan fingerprint density at radius 2 is 1.94 bits per heavy atom. The zero-order valence-corrected chi connectivity index (χ0v) is 20.0. The molecule has 5 nitrogen and oxygen atoms in total. The highest BCUT2D eigenvalue weighted by molar-refractivity contribution is 9.10. The Bertz CT molecular complexity index is 1220. The highest BCUT2D eigenvalue weighted by Crippen LogP contribution is 2.46. The number of hydrogen-bond acceptors (Lipinski definition) is 4. The fraction of sp³-hybridized carbons (Fsp3) is 0.400. The minimum absolute atomic E-state index is 0.0677. The summed E-state index contributed by atoms with van der Waals surface area (Å²) in [5.41, 5.74) is 4.25. The van der Waals surface area contributed by atoms with Crippen molar-refractivity contribution >= 4 is 32.6 Å². The topological polar surface area (TPSA) is 49.7 Å². The number of ether oxygens (including phenoxy) is 3. The molecule has 1 aromatic heterocycles. The summed E-state index contributed by atoms with van der Waals surface area (Å²) in [6.45, 7) is 9.07. The Balaban J connectivity index is 1.53. The molecule has 1 saturated heterocycles. The van der Waals surface area contributed by atoms with E-state index in [0.717, 1.165) is 43.5 Å². The Labute approximate surface area is 190 Å². The number of carbonyl (C=O) groups is 1. The molecule has 162 valence electrons. The van der Waals surface area contributed by atoms with Crippen molar-refractivity contribution in [2.24, 2.45) is 7.05 Å². The molecule has 31 heavy (non-hydrogen) atoms. The molecule has 1 aliphatic heterocycles. The number of ketones is 1. The van der Waals surface area contributed by atoms with Crippen molar-refractivity contribution in [3.63, 3.8) is 0 Å². The smallest absolute Gasteiger partial charge is 0.195 e. The fourth-order valence-electron chi connectivity index (χ4n) is 5.00. The molecule has 6 heteroatoms. The monoisotopic (exact) mass is 483 g/mol.